The second-order valence-corrected chi connectivity index (χ2v) is 4.65. The van der Waals surface area contributed by atoms with E-state index in [0.29, 0.717) is 18.4 Å². The molecule has 6 heteroatoms. The van der Waals surface area contributed by atoms with Crippen molar-refractivity contribution in [1.82, 2.24) is 15.0 Å². The number of hydrogen-bond donors (Lipinski definition) is 1. The predicted molar refractivity (Wildman–Crippen MR) is 72.1 cm³/mol. The normalized spacial score (nSPS) is 10.3. The fourth-order valence-electron chi connectivity index (χ4n) is 1.37. The van der Waals surface area contributed by atoms with Gasteiger partial charge in [0.1, 0.15) is 0 Å². The van der Waals surface area contributed by atoms with Crippen LogP contribution >= 0.6 is 11.3 Å². The summed E-state index contributed by atoms with van der Waals surface area (Å²) in [7, 11) is 0. The third-order valence-corrected chi connectivity index (χ3v) is 3.03. The van der Waals surface area contributed by atoms with Gasteiger partial charge in [-0.1, -0.05) is 6.92 Å². The summed E-state index contributed by atoms with van der Waals surface area (Å²) in [5, 5.41) is 6.25. The highest BCUT2D eigenvalue weighted by molar-refractivity contribution is 7.09. The van der Waals surface area contributed by atoms with E-state index in [1.165, 1.54) is 0 Å². The lowest BCUT2D eigenvalue weighted by atomic mass is 10.4. The maximum Gasteiger partial charge on any atom is 0.225 e. The topological polar surface area (TPSA) is 59.9 Å². The van der Waals surface area contributed by atoms with E-state index in [-0.39, 0.29) is 0 Å². The first-order valence-corrected chi connectivity index (χ1v) is 6.84. The summed E-state index contributed by atoms with van der Waals surface area (Å²) in [6.45, 7) is 3.51. The van der Waals surface area contributed by atoms with Crippen LogP contribution in [-0.2, 0) is 6.42 Å². The number of ether oxygens (including phenoxy) is 1. The molecule has 96 valence electrons. The van der Waals surface area contributed by atoms with Crippen molar-refractivity contribution < 1.29 is 4.74 Å². The summed E-state index contributed by atoms with van der Waals surface area (Å²) < 4.78 is 5.45. The molecule has 1 N–H and O–H groups in total. The Labute approximate surface area is 110 Å². The lowest BCUT2D eigenvalue weighted by Gasteiger charge is -2.06. The molecule has 0 aromatic carbocycles. The molecule has 2 heterocycles. The molecule has 0 saturated carbocycles. The van der Waals surface area contributed by atoms with Crippen molar-refractivity contribution in [2.24, 2.45) is 0 Å². The van der Waals surface area contributed by atoms with Gasteiger partial charge in [0.15, 0.2) is 0 Å². The molecule has 2 rings (SSSR count). The van der Waals surface area contributed by atoms with Crippen molar-refractivity contribution >= 4 is 17.3 Å². The van der Waals surface area contributed by atoms with Gasteiger partial charge in [-0.25, -0.2) is 9.97 Å². The predicted octanol–water partition coefficient (Wildman–Crippen LogP) is 2.38. The van der Waals surface area contributed by atoms with Crippen molar-refractivity contribution in [2.45, 2.75) is 19.8 Å². The Morgan fingerprint density at radius 3 is 3.06 bits per heavy atom. The Hall–Kier alpha value is -1.69. The number of aromatic nitrogens is 3. The molecule has 2 aromatic rings. The molecule has 2 aromatic heterocycles. The van der Waals surface area contributed by atoms with Crippen molar-refractivity contribution in [1.29, 1.82) is 0 Å². The third kappa shape index (κ3) is 3.96. The maximum atomic E-state index is 5.45. The molecule has 0 fully saturated rings. The van der Waals surface area contributed by atoms with E-state index in [1.807, 2.05) is 11.6 Å². The lowest BCUT2D eigenvalue weighted by molar-refractivity contribution is 0.305. The van der Waals surface area contributed by atoms with E-state index >= 15 is 0 Å². The van der Waals surface area contributed by atoms with Crippen LogP contribution in [0.4, 0.5) is 5.95 Å². The average Bonchev–Trinajstić information content (AvgIpc) is 2.90. The molecule has 0 radical (unpaired) electrons. The van der Waals surface area contributed by atoms with Gasteiger partial charge in [-0.2, -0.15) is 4.98 Å². The zero-order valence-corrected chi connectivity index (χ0v) is 11.1. The quantitative estimate of drug-likeness (QED) is 0.832. The SMILES string of the molecule is CCCOc1ccnc(NCCc2nccs2)n1. The smallest absolute Gasteiger partial charge is 0.225 e. The van der Waals surface area contributed by atoms with Crippen molar-refractivity contribution in [3.05, 3.63) is 28.8 Å². The van der Waals surface area contributed by atoms with E-state index in [2.05, 4.69) is 27.2 Å². The van der Waals surface area contributed by atoms with Crippen LogP contribution in [0.2, 0.25) is 0 Å². The minimum atomic E-state index is 0.597. The number of thiazole rings is 1. The number of hydrogen-bond acceptors (Lipinski definition) is 6. The van der Waals surface area contributed by atoms with Gasteiger partial charge in [0.2, 0.25) is 11.8 Å². The molecule has 5 nitrogen and oxygen atoms in total. The summed E-state index contributed by atoms with van der Waals surface area (Å²) in [5.74, 6) is 1.21. The van der Waals surface area contributed by atoms with Crippen LogP contribution in [0.15, 0.2) is 23.8 Å². The molecule has 0 saturated heterocycles. The fraction of sp³-hybridized carbons (Fsp3) is 0.417. The largest absolute Gasteiger partial charge is 0.478 e. The van der Waals surface area contributed by atoms with E-state index < -0.39 is 0 Å². The molecule has 0 aliphatic heterocycles. The molecule has 0 amide bonds. The Kier molecular flexibility index (Phi) is 4.89. The van der Waals surface area contributed by atoms with Crippen molar-refractivity contribution in [3.63, 3.8) is 0 Å². The molecule has 0 aliphatic carbocycles. The second kappa shape index (κ2) is 6.90. The molecule has 0 aliphatic rings. The Balaban J connectivity index is 1.81. The molecule has 18 heavy (non-hydrogen) atoms. The fourth-order valence-corrected chi connectivity index (χ4v) is 1.99. The molecule has 0 spiro atoms. The number of rotatable bonds is 7. The third-order valence-electron chi connectivity index (χ3n) is 2.19. The van der Waals surface area contributed by atoms with Crippen LogP contribution < -0.4 is 10.1 Å². The second-order valence-electron chi connectivity index (χ2n) is 3.67. The number of anilines is 1. The Bertz CT molecular complexity index is 461. The first-order valence-electron chi connectivity index (χ1n) is 5.96. The highest BCUT2D eigenvalue weighted by Crippen LogP contribution is 2.09. The van der Waals surface area contributed by atoms with Gasteiger partial charge in [-0.05, 0) is 6.42 Å². The molecular formula is C12H16N4OS. The van der Waals surface area contributed by atoms with E-state index in [9.17, 15) is 0 Å². The van der Waals surface area contributed by atoms with E-state index in [4.69, 9.17) is 4.74 Å². The van der Waals surface area contributed by atoms with Gasteiger partial charge < -0.3 is 10.1 Å². The Morgan fingerprint density at radius 1 is 1.33 bits per heavy atom. The Morgan fingerprint density at radius 2 is 2.28 bits per heavy atom. The minimum Gasteiger partial charge on any atom is -0.478 e. The zero-order valence-electron chi connectivity index (χ0n) is 10.3. The highest BCUT2D eigenvalue weighted by atomic mass is 32.1. The van der Waals surface area contributed by atoms with Gasteiger partial charge >= 0.3 is 0 Å². The monoisotopic (exact) mass is 264 g/mol. The summed E-state index contributed by atoms with van der Waals surface area (Å²) in [6, 6.07) is 1.77. The van der Waals surface area contributed by atoms with Gasteiger partial charge in [0, 0.05) is 36.8 Å². The number of nitrogens with zero attached hydrogens (tertiary/aromatic N) is 3. The molecular weight excluding hydrogens is 248 g/mol. The molecule has 0 unspecified atom stereocenters. The van der Waals surface area contributed by atoms with Crippen LogP contribution in [0.3, 0.4) is 0 Å². The van der Waals surface area contributed by atoms with Crippen molar-refractivity contribution in [2.75, 3.05) is 18.5 Å². The minimum absolute atomic E-state index is 0.597. The van der Waals surface area contributed by atoms with E-state index in [1.54, 1.807) is 23.6 Å². The van der Waals surface area contributed by atoms with Gasteiger partial charge in [-0.3, -0.25) is 0 Å². The molecule has 0 atom stereocenters. The summed E-state index contributed by atoms with van der Waals surface area (Å²) >= 11 is 1.66. The van der Waals surface area contributed by atoms with Crippen LogP contribution in [0.25, 0.3) is 0 Å². The van der Waals surface area contributed by atoms with Gasteiger partial charge in [0.05, 0.1) is 11.6 Å². The van der Waals surface area contributed by atoms with Crippen LogP contribution in [-0.4, -0.2) is 28.1 Å². The number of nitrogens with one attached hydrogen (secondary N) is 1. The van der Waals surface area contributed by atoms with E-state index in [0.717, 1.165) is 24.4 Å². The summed E-state index contributed by atoms with van der Waals surface area (Å²) in [5.41, 5.74) is 0. The van der Waals surface area contributed by atoms with Crippen molar-refractivity contribution in [3.8, 4) is 5.88 Å². The summed E-state index contributed by atoms with van der Waals surface area (Å²) in [6.07, 6.45) is 5.36. The lowest BCUT2D eigenvalue weighted by Crippen LogP contribution is -2.08. The first kappa shape index (κ1) is 12.8. The molecule has 0 bridgehead atoms. The zero-order chi connectivity index (χ0) is 12.6. The van der Waals surface area contributed by atoms with Gasteiger partial charge in [-0.15, -0.1) is 11.3 Å². The maximum absolute atomic E-state index is 5.45. The van der Waals surface area contributed by atoms with Crippen LogP contribution in [0, 0.1) is 0 Å². The summed E-state index contributed by atoms with van der Waals surface area (Å²) in [4.78, 5) is 12.6. The van der Waals surface area contributed by atoms with Crippen LogP contribution in [0.5, 0.6) is 5.88 Å². The first-order chi connectivity index (χ1) is 8.88. The standard InChI is InChI=1S/C12H16N4OS/c1-2-8-17-10-3-5-14-12(16-10)15-6-4-11-13-7-9-18-11/h3,5,7,9H,2,4,6,8H2,1H3,(H,14,15,16). The van der Waals surface area contributed by atoms with Crippen LogP contribution in [0.1, 0.15) is 18.4 Å². The average molecular weight is 264 g/mol. The highest BCUT2D eigenvalue weighted by Gasteiger charge is 2.00. The van der Waals surface area contributed by atoms with Gasteiger partial charge in [0.25, 0.3) is 0 Å².